The second-order valence-electron chi connectivity index (χ2n) is 4.18. The summed E-state index contributed by atoms with van der Waals surface area (Å²) in [7, 11) is 0. The highest BCUT2D eigenvalue weighted by atomic mass is 16.6. The van der Waals surface area contributed by atoms with E-state index in [9.17, 15) is 9.59 Å². The first-order chi connectivity index (χ1) is 7.59. The highest BCUT2D eigenvalue weighted by Gasteiger charge is 2.46. The minimum absolute atomic E-state index is 0.0409. The Hall–Kier alpha value is -1.58. The highest BCUT2D eigenvalue weighted by Crippen LogP contribution is 2.33. The third kappa shape index (κ3) is 1.87. The molecule has 3 unspecified atom stereocenters. The minimum atomic E-state index is -0.765. The smallest absolute Gasteiger partial charge is 0.348 e. The van der Waals surface area contributed by atoms with Gasteiger partial charge in [0, 0.05) is 11.5 Å². The first-order valence-corrected chi connectivity index (χ1v) is 5.33. The summed E-state index contributed by atoms with van der Waals surface area (Å²) in [5, 5.41) is 0. The van der Waals surface area contributed by atoms with E-state index in [0.717, 1.165) is 12.8 Å². The van der Waals surface area contributed by atoms with Crippen LogP contribution in [-0.2, 0) is 19.1 Å². The molecule has 0 aromatic heterocycles. The van der Waals surface area contributed by atoms with E-state index in [1.54, 1.807) is 6.92 Å². The number of rotatable bonds is 2. The quantitative estimate of drug-likeness (QED) is 0.402. The first kappa shape index (κ1) is 10.9. The fraction of sp³-hybridized carbons (Fsp3) is 0.500. The molecule has 0 saturated carbocycles. The van der Waals surface area contributed by atoms with E-state index in [2.05, 4.69) is 6.58 Å². The Labute approximate surface area is 93.9 Å². The van der Waals surface area contributed by atoms with Crippen molar-refractivity contribution >= 4 is 11.9 Å². The number of carbonyl (C=O) groups excluding carboxylic acids is 2. The van der Waals surface area contributed by atoms with Gasteiger partial charge in [0.25, 0.3) is 0 Å². The molecule has 0 spiro atoms. The van der Waals surface area contributed by atoms with Crippen LogP contribution in [0.25, 0.3) is 0 Å². The first-order valence-electron chi connectivity index (χ1n) is 5.33. The molecule has 3 atom stereocenters. The maximum absolute atomic E-state index is 11.5. The highest BCUT2D eigenvalue weighted by molar-refractivity contribution is 5.90. The van der Waals surface area contributed by atoms with Gasteiger partial charge in [-0.25, -0.2) is 9.59 Å². The summed E-state index contributed by atoms with van der Waals surface area (Å²) in [6.45, 7) is 5.04. The van der Waals surface area contributed by atoms with E-state index in [4.69, 9.17) is 9.47 Å². The van der Waals surface area contributed by atoms with Crippen molar-refractivity contribution in [3.63, 3.8) is 0 Å². The predicted molar refractivity (Wildman–Crippen MR) is 56.4 cm³/mol. The van der Waals surface area contributed by atoms with E-state index in [1.807, 2.05) is 12.2 Å². The average molecular weight is 222 g/mol. The molecule has 0 amide bonds. The van der Waals surface area contributed by atoms with Crippen molar-refractivity contribution < 1.29 is 19.1 Å². The molecule has 1 fully saturated rings. The van der Waals surface area contributed by atoms with E-state index < -0.39 is 18.0 Å². The zero-order valence-electron chi connectivity index (χ0n) is 9.14. The molecule has 4 nitrogen and oxygen atoms in total. The zero-order chi connectivity index (χ0) is 11.7. The molecule has 1 aliphatic carbocycles. The predicted octanol–water partition coefficient (Wildman–Crippen LogP) is 1.37. The Balaban J connectivity index is 2.09. The maximum atomic E-state index is 11.5. The fourth-order valence-corrected chi connectivity index (χ4v) is 2.00. The molecule has 4 heteroatoms. The van der Waals surface area contributed by atoms with Crippen LogP contribution in [0.4, 0.5) is 0 Å². The lowest BCUT2D eigenvalue weighted by Crippen LogP contribution is -2.31. The number of hydrogen-bond acceptors (Lipinski definition) is 4. The molecule has 0 aromatic rings. The summed E-state index contributed by atoms with van der Waals surface area (Å²) < 4.78 is 10.2. The standard InChI is InChI=1S/C12H14O4/c1-7(2)11(13)16-10-8-5-3-4-6-9(8)15-12(10)14/h4,6,8-10H,1,3,5H2,2H3. The van der Waals surface area contributed by atoms with Gasteiger partial charge in [-0.3, -0.25) is 0 Å². The number of fused-ring (bicyclic) bond motifs is 1. The Bertz CT molecular complexity index is 369. The van der Waals surface area contributed by atoms with Crippen LogP contribution >= 0.6 is 0 Å². The normalized spacial score (nSPS) is 31.8. The van der Waals surface area contributed by atoms with Gasteiger partial charge in [-0.15, -0.1) is 0 Å². The van der Waals surface area contributed by atoms with Crippen molar-refractivity contribution in [2.45, 2.75) is 32.0 Å². The third-order valence-electron chi connectivity index (χ3n) is 2.87. The van der Waals surface area contributed by atoms with E-state index in [0.29, 0.717) is 5.57 Å². The van der Waals surface area contributed by atoms with Gasteiger partial charge in [0.15, 0.2) is 0 Å². The van der Waals surface area contributed by atoms with Crippen molar-refractivity contribution in [2.24, 2.45) is 5.92 Å². The van der Waals surface area contributed by atoms with Crippen LogP contribution in [0.15, 0.2) is 24.3 Å². The Morgan fingerprint density at radius 2 is 2.38 bits per heavy atom. The minimum Gasteiger partial charge on any atom is -0.455 e. The van der Waals surface area contributed by atoms with E-state index >= 15 is 0 Å². The van der Waals surface area contributed by atoms with Gasteiger partial charge in [0.1, 0.15) is 6.10 Å². The topological polar surface area (TPSA) is 52.6 Å². The lowest BCUT2D eigenvalue weighted by molar-refractivity contribution is -0.158. The van der Waals surface area contributed by atoms with E-state index in [1.165, 1.54) is 0 Å². The molecule has 1 saturated heterocycles. The Morgan fingerprint density at radius 1 is 1.62 bits per heavy atom. The maximum Gasteiger partial charge on any atom is 0.348 e. The van der Waals surface area contributed by atoms with Crippen molar-refractivity contribution in [1.29, 1.82) is 0 Å². The van der Waals surface area contributed by atoms with Gasteiger partial charge in [0.05, 0.1) is 0 Å². The third-order valence-corrected chi connectivity index (χ3v) is 2.87. The van der Waals surface area contributed by atoms with Crippen molar-refractivity contribution in [2.75, 3.05) is 0 Å². The number of esters is 2. The second kappa shape index (κ2) is 4.12. The average Bonchev–Trinajstić information content (AvgIpc) is 2.55. The molecule has 1 aliphatic heterocycles. The van der Waals surface area contributed by atoms with Crippen LogP contribution in [0.1, 0.15) is 19.8 Å². The Kier molecular flexibility index (Phi) is 2.81. The SMILES string of the molecule is C=C(C)C(=O)OC1C(=O)OC2C=CCCC21. The van der Waals surface area contributed by atoms with E-state index in [-0.39, 0.29) is 12.0 Å². The van der Waals surface area contributed by atoms with Crippen LogP contribution in [-0.4, -0.2) is 24.1 Å². The summed E-state index contributed by atoms with van der Waals surface area (Å²) in [5.74, 6) is -1.02. The summed E-state index contributed by atoms with van der Waals surface area (Å²) in [4.78, 5) is 22.9. The van der Waals surface area contributed by atoms with Crippen LogP contribution in [0.3, 0.4) is 0 Å². The summed E-state index contributed by atoms with van der Waals surface area (Å²) in [6.07, 6.45) is 4.54. The number of hydrogen-bond donors (Lipinski definition) is 0. The molecule has 2 rings (SSSR count). The van der Waals surface area contributed by atoms with Gasteiger partial charge in [-0.2, -0.15) is 0 Å². The van der Waals surface area contributed by atoms with Crippen LogP contribution in [0.5, 0.6) is 0 Å². The number of allylic oxidation sites excluding steroid dienone is 1. The second-order valence-corrected chi connectivity index (χ2v) is 4.18. The Morgan fingerprint density at radius 3 is 3.06 bits per heavy atom. The van der Waals surface area contributed by atoms with Crippen molar-refractivity contribution in [3.8, 4) is 0 Å². The molecule has 16 heavy (non-hydrogen) atoms. The van der Waals surface area contributed by atoms with Crippen molar-refractivity contribution in [1.82, 2.24) is 0 Å². The lowest BCUT2D eigenvalue weighted by atomic mass is 9.89. The molecule has 1 heterocycles. The van der Waals surface area contributed by atoms with Gasteiger partial charge >= 0.3 is 11.9 Å². The largest absolute Gasteiger partial charge is 0.455 e. The molecule has 2 aliphatic rings. The van der Waals surface area contributed by atoms with Gasteiger partial charge in [-0.05, 0) is 25.8 Å². The number of ether oxygens (including phenoxy) is 2. The van der Waals surface area contributed by atoms with Crippen LogP contribution < -0.4 is 0 Å². The van der Waals surface area contributed by atoms with Crippen LogP contribution in [0, 0.1) is 5.92 Å². The zero-order valence-corrected chi connectivity index (χ0v) is 9.14. The fourth-order valence-electron chi connectivity index (χ4n) is 2.00. The molecule has 0 aromatic carbocycles. The monoisotopic (exact) mass is 222 g/mol. The molecular weight excluding hydrogens is 208 g/mol. The molecular formula is C12H14O4. The molecule has 0 N–H and O–H groups in total. The van der Waals surface area contributed by atoms with Crippen molar-refractivity contribution in [3.05, 3.63) is 24.3 Å². The van der Waals surface area contributed by atoms with Gasteiger partial charge in [-0.1, -0.05) is 12.7 Å². The van der Waals surface area contributed by atoms with Gasteiger partial charge < -0.3 is 9.47 Å². The lowest BCUT2D eigenvalue weighted by Gasteiger charge is -2.21. The number of carbonyl (C=O) groups is 2. The summed E-state index contributed by atoms with van der Waals surface area (Å²) in [5.41, 5.74) is 0.294. The molecule has 86 valence electrons. The van der Waals surface area contributed by atoms with Gasteiger partial charge in [0.2, 0.25) is 6.10 Å². The summed E-state index contributed by atoms with van der Waals surface area (Å²) in [6, 6.07) is 0. The summed E-state index contributed by atoms with van der Waals surface area (Å²) >= 11 is 0. The molecule has 0 radical (unpaired) electrons. The molecule has 0 bridgehead atoms. The van der Waals surface area contributed by atoms with Crippen LogP contribution in [0.2, 0.25) is 0 Å².